The largest absolute Gasteiger partial charge is 0.478 e. The fourth-order valence-electron chi connectivity index (χ4n) is 2.66. The van der Waals surface area contributed by atoms with Crippen molar-refractivity contribution < 1.29 is 9.90 Å². The number of benzene rings is 1. The Morgan fingerprint density at radius 3 is 2.76 bits per heavy atom. The number of aromatic nitrogens is 1. The van der Waals surface area contributed by atoms with E-state index in [-0.39, 0.29) is 0 Å². The third kappa shape index (κ3) is 2.41. The van der Waals surface area contributed by atoms with E-state index in [9.17, 15) is 9.90 Å². The number of terminal acetylenes is 1. The Labute approximate surface area is 123 Å². The zero-order valence-corrected chi connectivity index (χ0v) is 11.8. The van der Waals surface area contributed by atoms with Crippen molar-refractivity contribution in [3.8, 4) is 23.5 Å². The highest BCUT2D eigenvalue weighted by molar-refractivity contribution is 5.91. The van der Waals surface area contributed by atoms with Crippen LogP contribution in [0.5, 0.6) is 0 Å². The number of hydrogen-bond donors (Lipinski definition) is 1. The molecule has 1 aliphatic carbocycles. The zero-order chi connectivity index (χ0) is 15.0. The van der Waals surface area contributed by atoms with Gasteiger partial charge in [-0.3, -0.25) is 4.98 Å². The molecule has 0 unspecified atom stereocenters. The first-order valence-corrected chi connectivity index (χ1v) is 6.90. The molecule has 3 heteroatoms. The van der Waals surface area contributed by atoms with E-state index in [1.165, 1.54) is 0 Å². The van der Waals surface area contributed by atoms with Crippen molar-refractivity contribution in [1.82, 2.24) is 4.98 Å². The molecule has 3 rings (SSSR count). The van der Waals surface area contributed by atoms with Gasteiger partial charge in [0.05, 0.1) is 11.1 Å². The molecule has 0 bridgehead atoms. The predicted octanol–water partition coefficient (Wildman–Crippen LogP) is 3.61. The molecule has 1 saturated carbocycles. The summed E-state index contributed by atoms with van der Waals surface area (Å²) in [6.45, 7) is 1.82. The lowest BCUT2D eigenvalue weighted by Crippen LogP contribution is -2.03. The first kappa shape index (κ1) is 13.4. The van der Waals surface area contributed by atoms with Crippen molar-refractivity contribution in [2.24, 2.45) is 0 Å². The van der Waals surface area contributed by atoms with Crippen LogP contribution < -0.4 is 0 Å². The normalized spacial score (nSPS) is 13.7. The second-order valence-electron chi connectivity index (χ2n) is 5.40. The molecule has 0 atom stereocenters. The second-order valence-corrected chi connectivity index (χ2v) is 5.40. The molecule has 0 saturated heterocycles. The Bertz CT molecular complexity index is 767. The quantitative estimate of drug-likeness (QED) is 0.872. The summed E-state index contributed by atoms with van der Waals surface area (Å²) in [7, 11) is 0. The van der Waals surface area contributed by atoms with E-state index >= 15 is 0 Å². The molecule has 3 nitrogen and oxygen atoms in total. The molecule has 1 aromatic carbocycles. The molecule has 1 aromatic heterocycles. The molecule has 1 fully saturated rings. The van der Waals surface area contributed by atoms with Gasteiger partial charge in [-0.25, -0.2) is 4.79 Å². The molecule has 0 aliphatic heterocycles. The van der Waals surface area contributed by atoms with Gasteiger partial charge in [-0.1, -0.05) is 12.0 Å². The molecule has 0 spiro atoms. The molecule has 1 heterocycles. The summed E-state index contributed by atoms with van der Waals surface area (Å²) >= 11 is 0. The van der Waals surface area contributed by atoms with E-state index in [0.717, 1.165) is 40.7 Å². The predicted molar refractivity (Wildman–Crippen MR) is 81.3 cm³/mol. The van der Waals surface area contributed by atoms with E-state index in [2.05, 4.69) is 10.9 Å². The van der Waals surface area contributed by atoms with Crippen LogP contribution in [0.4, 0.5) is 0 Å². The van der Waals surface area contributed by atoms with Gasteiger partial charge in [0, 0.05) is 18.0 Å². The van der Waals surface area contributed by atoms with Gasteiger partial charge in [-0.05, 0) is 54.5 Å². The van der Waals surface area contributed by atoms with Gasteiger partial charge in [0.2, 0.25) is 0 Å². The highest BCUT2D eigenvalue weighted by atomic mass is 16.4. The Balaban J connectivity index is 2.25. The van der Waals surface area contributed by atoms with Crippen LogP contribution >= 0.6 is 0 Å². The monoisotopic (exact) mass is 277 g/mol. The van der Waals surface area contributed by atoms with Crippen LogP contribution in [0, 0.1) is 19.3 Å². The number of carbonyl (C=O) groups is 1. The maximum Gasteiger partial charge on any atom is 0.335 e. The fourth-order valence-corrected chi connectivity index (χ4v) is 2.66. The van der Waals surface area contributed by atoms with Crippen LogP contribution in [0.2, 0.25) is 0 Å². The number of aromatic carboxylic acids is 1. The minimum atomic E-state index is -0.882. The Kier molecular flexibility index (Phi) is 3.23. The van der Waals surface area contributed by atoms with E-state index in [1.54, 1.807) is 12.4 Å². The maximum atomic E-state index is 11.3. The van der Waals surface area contributed by atoms with Crippen molar-refractivity contribution >= 4 is 5.97 Å². The number of nitrogens with zero attached hydrogens (tertiary/aromatic N) is 1. The smallest absolute Gasteiger partial charge is 0.335 e. The summed E-state index contributed by atoms with van der Waals surface area (Å²) in [5.74, 6) is 2.22. The molecule has 1 aliphatic rings. The summed E-state index contributed by atoms with van der Waals surface area (Å²) in [5, 5.41) is 9.31. The van der Waals surface area contributed by atoms with Crippen molar-refractivity contribution in [2.75, 3.05) is 0 Å². The van der Waals surface area contributed by atoms with E-state index in [0.29, 0.717) is 11.5 Å². The minimum absolute atomic E-state index is 0.372. The lowest BCUT2D eigenvalue weighted by Gasteiger charge is -2.14. The minimum Gasteiger partial charge on any atom is -0.478 e. The lowest BCUT2D eigenvalue weighted by molar-refractivity contribution is 0.0696. The van der Waals surface area contributed by atoms with Gasteiger partial charge in [0.15, 0.2) is 0 Å². The SMILES string of the molecule is C#Cc1cnccc1-c1cc(C)c(C(=O)O)cc1C1CC1. The average Bonchev–Trinajstić information content (AvgIpc) is 3.31. The number of hydrogen-bond acceptors (Lipinski definition) is 2. The topological polar surface area (TPSA) is 50.2 Å². The summed E-state index contributed by atoms with van der Waals surface area (Å²) in [6, 6.07) is 5.65. The van der Waals surface area contributed by atoms with E-state index in [1.807, 2.05) is 25.1 Å². The van der Waals surface area contributed by atoms with Gasteiger partial charge < -0.3 is 5.11 Å². The van der Waals surface area contributed by atoms with Crippen LogP contribution in [0.3, 0.4) is 0 Å². The lowest BCUT2D eigenvalue weighted by atomic mass is 9.90. The van der Waals surface area contributed by atoms with Crippen molar-refractivity contribution in [3.63, 3.8) is 0 Å². The molecule has 1 N–H and O–H groups in total. The van der Waals surface area contributed by atoms with Crippen LogP contribution in [0.15, 0.2) is 30.6 Å². The second kappa shape index (κ2) is 5.06. The Morgan fingerprint density at radius 1 is 1.38 bits per heavy atom. The molecular formula is C18H15NO2. The number of carboxylic acid groups (broad SMARTS) is 1. The fraction of sp³-hybridized carbons (Fsp3) is 0.222. The van der Waals surface area contributed by atoms with E-state index < -0.39 is 5.97 Å². The average molecular weight is 277 g/mol. The highest BCUT2D eigenvalue weighted by Crippen LogP contribution is 2.45. The summed E-state index contributed by atoms with van der Waals surface area (Å²) in [4.78, 5) is 15.4. The molecule has 104 valence electrons. The van der Waals surface area contributed by atoms with Gasteiger partial charge in [0.25, 0.3) is 0 Å². The van der Waals surface area contributed by atoms with Gasteiger partial charge in [-0.15, -0.1) is 6.42 Å². The highest BCUT2D eigenvalue weighted by Gasteiger charge is 2.28. The Hall–Kier alpha value is -2.60. The van der Waals surface area contributed by atoms with E-state index in [4.69, 9.17) is 6.42 Å². The number of pyridine rings is 1. The molecule has 2 aromatic rings. The third-order valence-corrected chi connectivity index (χ3v) is 3.91. The summed E-state index contributed by atoms with van der Waals surface area (Å²) in [5.41, 5.74) is 4.94. The van der Waals surface area contributed by atoms with Crippen LogP contribution in [-0.2, 0) is 0 Å². The zero-order valence-electron chi connectivity index (χ0n) is 11.8. The van der Waals surface area contributed by atoms with Gasteiger partial charge in [0.1, 0.15) is 0 Å². The Morgan fingerprint density at radius 2 is 2.14 bits per heavy atom. The molecule has 0 amide bonds. The summed E-state index contributed by atoms with van der Waals surface area (Å²) < 4.78 is 0. The third-order valence-electron chi connectivity index (χ3n) is 3.91. The summed E-state index contributed by atoms with van der Waals surface area (Å²) in [6.07, 6.45) is 11.2. The number of rotatable bonds is 3. The van der Waals surface area contributed by atoms with Crippen LogP contribution in [0.1, 0.15) is 45.8 Å². The number of aryl methyl sites for hydroxylation is 1. The first-order chi connectivity index (χ1) is 10.1. The molecule has 0 radical (unpaired) electrons. The van der Waals surface area contributed by atoms with Gasteiger partial charge >= 0.3 is 5.97 Å². The standard InChI is InChI=1S/C18H15NO2/c1-3-12-10-19-7-6-14(12)17-8-11(2)15(18(20)21)9-16(17)13-4-5-13/h1,6-10,13H,4-5H2,2H3,(H,20,21). The molecular weight excluding hydrogens is 262 g/mol. The van der Waals surface area contributed by atoms with Crippen molar-refractivity contribution in [3.05, 3.63) is 52.8 Å². The van der Waals surface area contributed by atoms with Crippen LogP contribution in [0.25, 0.3) is 11.1 Å². The van der Waals surface area contributed by atoms with Crippen molar-refractivity contribution in [2.45, 2.75) is 25.7 Å². The maximum absolute atomic E-state index is 11.3. The molecule has 21 heavy (non-hydrogen) atoms. The van der Waals surface area contributed by atoms with Crippen molar-refractivity contribution in [1.29, 1.82) is 0 Å². The first-order valence-electron chi connectivity index (χ1n) is 6.90. The van der Waals surface area contributed by atoms with Gasteiger partial charge in [-0.2, -0.15) is 0 Å². The number of carboxylic acids is 1. The van der Waals surface area contributed by atoms with Crippen LogP contribution in [-0.4, -0.2) is 16.1 Å².